The molecule has 2 amide bonds. The number of carbonyl (C=O) groups excluding carboxylic acids is 2. The molecule has 0 saturated heterocycles. The summed E-state index contributed by atoms with van der Waals surface area (Å²) in [5.41, 5.74) is 9.79. The number of nitrogens with one attached hydrogen (secondary N) is 2. The van der Waals surface area contributed by atoms with Gasteiger partial charge in [-0.1, -0.05) is 16.8 Å². The van der Waals surface area contributed by atoms with E-state index in [2.05, 4.69) is 15.8 Å². The van der Waals surface area contributed by atoms with E-state index in [9.17, 15) is 14.7 Å². The zero-order valence-corrected chi connectivity index (χ0v) is 23.9. The number of carbonyl (C=O) groups is 2. The molecule has 0 aliphatic rings. The maximum atomic E-state index is 13.3. The van der Waals surface area contributed by atoms with Gasteiger partial charge in [0, 0.05) is 43.1 Å². The van der Waals surface area contributed by atoms with Gasteiger partial charge in [-0.25, -0.2) is 0 Å². The number of amides is 2. The van der Waals surface area contributed by atoms with Crippen molar-refractivity contribution in [3.8, 4) is 11.5 Å². The molecule has 0 radical (unpaired) electrons. The van der Waals surface area contributed by atoms with Crippen molar-refractivity contribution in [3.05, 3.63) is 82.4 Å². The molecule has 0 aliphatic heterocycles. The van der Waals surface area contributed by atoms with E-state index in [1.165, 1.54) is 4.90 Å². The summed E-state index contributed by atoms with van der Waals surface area (Å²) in [5.74, 6) is 0.195. The number of oxime groups is 1. The number of benzene rings is 3. The lowest BCUT2D eigenvalue weighted by atomic mass is 10.1. The average Bonchev–Trinajstić information content (AvgIpc) is 2.95. The number of hydrogen-bond acceptors (Lipinski definition) is 8. The van der Waals surface area contributed by atoms with Crippen molar-refractivity contribution in [2.75, 3.05) is 31.3 Å². The summed E-state index contributed by atoms with van der Waals surface area (Å²) in [7, 11) is 3.29. The quantitative estimate of drug-likeness (QED) is 0.0966. The van der Waals surface area contributed by atoms with E-state index in [1.54, 1.807) is 56.6 Å². The van der Waals surface area contributed by atoms with E-state index >= 15 is 0 Å². The van der Waals surface area contributed by atoms with Gasteiger partial charge < -0.3 is 41.1 Å². The monoisotopic (exact) mass is 563 g/mol. The molecule has 218 valence electrons. The van der Waals surface area contributed by atoms with Gasteiger partial charge in [0.1, 0.15) is 0 Å². The van der Waals surface area contributed by atoms with Crippen LogP contribution in [0.5, 0.6) is 11.5 Å². The van der Waals surface area contributed by atoms with Gasteiger partial charge in [-0.05, 0) is 74.9 Å². The number of amidine groups is 1. The molecule has 6 N–H and O–H groups in total. The first-order valence-corrected chi connectivity index (χ1v) is 13.0. The van der Waals surface area contributed by atoms with Crippen LogP contribution in [0, 0.1) is 6.92 Å². The highest BCUT2D eigenvalue weighted by Gasteiger charge is 2.19. The number of ether oxygens (including phenoxy) is 2. The first-order valence-electron chi connectivity index (χ1n) is 13.0. The van der Waals surface area contributed by atoms with Gasteiger partial charge in [0.2, 0.25) is 0 Å². The molecule has 0 atom stereocenters. The van der Waals surface area contributed by atoms with Gasteiger partial charge >= 0.3 is 0 Å². The van der Waals surface area contributed by atoms with Crippen molar-refractivity contribution in [2.45, 2.75) is 40.0 Å². The molecule has 3 aromatic rings. The molecule has 0 aromatic heterocycles. The summed E-state index contributed by atoms with van der Waals surface area (Å²) in [5, 5.41) is 27.9. The lowest BCUT2D eigenvalue weighted by Crippen LogP contribution is -2.28. The molecule has 0 bridgehead atoms. The van der Waals surface area contributed by atoms with Crippen LogP contribution < -0.4 is 25.8 Å². The maximum absolute atomic E-state index is 13.3. The Hall–Kier alpha value is -4.77. The van der Waals surface area contributed by atoms with Crippen LogP contribution in [0.4, 0.5) is 11.4 Å². The van der Waals surface area contributed by atoms with E-state index in [0.29, 0.717) is 45.1 Å². The summed E-state index contributed by atoms with van der Waals surface area (Å²) < 4.78 is 11.9. The molecule has 41 heavy (non-hydrogen) atoms. The van der Waals surface area contributed by atoms with Gasteiger partial charge in [-0.2, -0.15) is 0 Å². The molecule has 0 unspecified atom stereocenters. The summed E-state index contributed by atoms with van der Waals surface area (Å²) in [6.07, 6.45) is -0.175. The number of nitrogens with zero attached hydrogens (tertiary/aromatic N) is 2. The Morgan fingerprint density at radius 1 is 1.07 bits per heavy atom. The van der Waals surface area contributed by atoms with Crippen LogP contribution in [0.15, 0.2) is 59.8 Å². The minimum atomic E-state index is -0.339. The molecule has 3 aromatic carbocycles. The largest absolute Gasteiger partial charge is 0.487 e. The van der Waals surface area contributed by atoms with Crippen LogP contribution >= 0.6 is 0 Å². The second-order valence-electron chi connectivity index (χ2n) is 9.90. The lowest BCUT2D eigenvalue weighted by Gasteiger charge is -2.21. The van der Waals surface area contributed by atoms with Crippen LogP contribution in [-0.2, 0) is 17.9 Å². The highest BCUT2D eigenvalue weighted by atomic mass is 16.5. The Labute approximate surface area is 239 Å². The molecule has 0 aliphatic carbocycles. The molecule has 0 heterocycles. The fourth-order valence-electron chi connectivity index (χ4n) is 3.89. The molecule has 11 nitrogen and oxygen atoms in total. The third-order valence-corrected chi connectivity index (χ3v) is 6.01. The minimum Gasteiger partial charge on any atom is -0.487 e. The van der Waals surface area contributed by atoms with Crippen LogP contribution in [0.25, 0.3) is 0 Å². The number of aliphatic hydroxyl groups is 1. The number of aryl methyl sites for hydroxylation is 1. The lowest BCUT2D eigenvalue weighted by molar-refractivity contribution is -0.130. The topological polar surface area (TPSA) is 159 Å². The third kappa shape index (κ3) is 8.36. The fraction of sp³-hybridized carbons (Fsp3) is 0.300. The van der Waals surface area contributed by atoms with E-state index in [0.717, 1.165) is 5.56 Å². The minimum absolute atomic E-state index is 0.0327. The van der Waals surface area contributed by atoms with Crippen LogP contribution in [0.3, 0.4) is 0 Å². The highest BCUT2D eigenvalue weighted by molar-refractivity contribution is 6.08. The van der Waals surface area contributed by atoms with Gasteiger partial charge in [0.15, 0.2) is 23.9 Å². The standard InChI is InChI=1S/C30H37N5O6/c1-18(2)41-26-14-20(16-36)13-22(28(26)40-17-27(37)35(4)5)15-32-25-11-6-19(3)12-24(25)30(38)33-23-9-7-21(8-10-23)29(31)34-39/h6-14,18,32,36,39H,15-17H2,1-5H3,(H2,31,34)(H,33,38). The van der Waals surface area contributed by atoms with Crippen LogP contribution in [-0.4, -0.2) is 59.7 Å². The van der Waals surface area contributed by atoms with Gasteiger partial charge in [0.05, 0.1) is 18.3 Å². The van der Waals surface area contributed by atoms with E-state index in [-0.39, 0.29) is 43.5 Å². The molecule has 0 spiro atoms. The maximum Gasteiger partial charge on any atom is 0.259 e. The summed E-state index contributed by atoms with van der Waals surface area (Å²) >= 11 is 0. The summed E-state index contributed by atoms with van der Waals surface area (Å²) in [4.78, 5) is 27.0. The predicted molar refractivity (Wildman–Crippen MR) is 158 cm³/mol. The zero-order valence-electron chi connectivity index (χ0n) is 23.9. The van der Waals surface area contributed by atoms with Gasteiger partial charge in [-0.3, -0.25) is 9.59 Å². The van der Waals surface area contributed by atoms with E-state index in [4.69, 9.17) is 20.4 Å². The highest BCUT2D eigenvalue weighted by Crippen LogP contribution is 2.35. The molecular formula is C30H37N5O6. The number of anilines is 2. The summed E-state index contributed by atoms with van der Waals surface area (Å²) in [6, 6.07) is 15.5. The number of aliphatic hydroxyl groups excluding tert-OH is 1. The smallest absolute Gasteiger partial charge is 0.259 e. The Morgan fingerprint density at radius 3 is 2.39 bits per heavy atom. The zero-order chi connectivity index (χ0) is 30.1. The van der Waals surface area contributed by atoms with Crippen molar-refractivity contribution < 1.29 is 29.4 Å². The first-order chi connectivity index (χ1) is 19.5. The SMILES string of the molecule is Cc1ccc(NCc2cc(CO)cc(OC(C)C)c2OCC(=O)N(C)C)c(C(=O)Nc2ccc(/C(N)=N/O)cc2)c1. The Balaban J connectivity index is 1.90. The average molecular weight is 564 g/mol. The number of rotatable bonds is 12. The Morgan fingerprint density at radius 2 is 1.78 bits per heavy atom. The second kappa shape index (κ2) is 14.0. The number of nitrogens with two attached hydrogens (primary N) is 1. The normalized spacial score (nSPS) is 11.2. The Kier molecular flexibility index (Phi) is 10.5. The first kappa shape index (κ1) is 30.8. The van der Waals surface area contributed by atoms with Crippen molar-refractivity contribution in [3.63, 3.8) is 0 Å². The Bertz CT molecular complexity index is 1400. The van der Waals surface area contributed by atoms with Crippen molar-refractivity contribution in [2.24, 2.45) is 10.9 Å². The number of hydrogen-bond donors (Lipinski definition) is 5. The molecule has 3 rings (SSSR count). The van der Waals surface area contributed by atoms with Crippen LogP contribution in [0.2, 0.25) is 0 Å². The van der Waals surface area contributed by atoms with Crippen molar-refractivity contribution in [1.29, 1.82) is 0 Å². The van der Waals surface area contributed by atoms with Gasteiger partial charge in [0.25, 0.3) is 11.8 Å². The van der Waals surface area contributed by atoms with Crippen molar-refractivity contribution >= 4 is 29.0 Å². The van der Waals surface area contributed by atoms with E-state index in [1.807, 2.05) is 32.9 Å². The molecule has 0 saturated carbocycles. The fourth-order valence-corrected chi connectivity index (χ4v) is 3.89. The van der Waals surface area contributed by atoms with E-state index < -0.39 is 0 Å². The van der Waals surface area contributed by atoms with Crippen molar-refractivity contribution in [1.82, 2.24) is 4.90 Å². The summed E-state index contributed by atoms with van der Waals surface area (Å²) in [6.45, 7) is 5.44. The third-order valence-electron chi connectivity index (χ3n) is 6.01. The predicted octanol–water partition coefficient (Wildman–Crippen LogP) is 3.70. The molecule has 11 heteroatoms. The molecular weight excluding hydrogens is 526 g/mol. The second-order valence-corrected chi connectivity index (χ2v) is 9.90. The number of likely N-dealkylation sites (N-methyl/N-ethyl adjacent to an activating group) is 1. The molecule has 0 fully saturated rings. The van der Waals surface area contributed by atoms with Crippen LogP contribution in [0.1, 0.15) is 46.5 Å². The van der Waals surface area contributed by atoms with Gasteiger partial charge in [-0.15, -0.1) is 0 Å².